The van der Waals surface area contributed by atoms with Crippen molar-refractivity contribution >= 4 is 12.1 Å². The predicted octanol–water partition coefficient (Wildman–Crippen LogP) is -3.03. The molecule has 0 aliphatic heterocycles. The molecule has 0 aliphatic carbocycles. The minimum Gasteiger partial charge on any atom is -0.394 e. The summed E-state index contributed by atoms with van der Waals surface area (Å²) in [7, 11) is 0. The van der Waals surface area contributed by atoms with Gasteiger partial charge in [-0.2, -0.15) is 5.10 Å². The number of hydrazone groups is 1. The Morgan fingerprint density at radius 2 is 2.05 bits per heavy atom. The SMILES string of the molecule is O=C(N/N=C\c1cccnc1)[C@@H](O)[C@H](O)[C@H](O)[C@H](O)CO. The summed E-state index contributed by atoms with van der Waals surface area (Å²) >= 11 is 0. The van der Waals surface area contributed by atoms with Crippen LogP contribution in [0.2, 0.25) is 0 Å². The largest absolute Gasteiger partial charge is 0.394 e. The van der Waals surface area contributed by atoms with Crippen molar-refractivity contribution in [1.82, 2.24) is 10.4 Å². The lowest BCUT2D eigenvalue weighted by Crippen LogP contribution is -2.50. The van der Waals surface area contributed by atoms with Crippen LogP contribution in [0.3, 0.4) is 0 Å². The van der Waals surface area contributed by atoms with Crippen molar-refractivity contribution in [2.45, 2.75) is 24.4 Å². The second kappa shape index (κ2) is 8.39. The Morgan fingerprint density at radius 3 is 2.62 bits per heavy atom. The number of nitrogens with zero attached hydrogens (tertiary/aromatic N) is 2. The first-order chi connectivity index (χ1) is 9.97. The van der Waals surface area contributed by atoms with Gasteiger partial charge < -0.3 is 25.5 Å². The fourth-order valence-corrected chi connectivity index (χ4v) is 1.37. The zero-order valence-electron chi connectivity index (χ0n) is 10.9. The van der Waals surface area contributed by atoms with Crippen LogP contribution in [0.15, 0.2) is 29.6 Å². The summed E-state index contributed by atoms with van der Waals surface area (Å²) in [6, 6.07) is 3.34. The lowest BCUT2D eigenvalue weighted by atomic mass is 10.0. The molecule has 1 aromatic rings. The van der Waals surface area contributed by atoms with Crippen molar-refractivity contribution in [2.24, 2.45) is 5.10 Å². The zero-order chi connectivity index (χ0) is 15.8. The molecule has 4 atom stereocenters. The fourth-order valence-electron chi connectivity index (χ4n) is 1.37. The zero-order valence-corrected chi connectivity index (χ0v) is 10.9. The standard InChI is InChI=1S/C12H17N3O6/c16-6-8(17)9(18)10(19)11(20)12(21)15-14-5-7-2-1-3-13-4-7/h1-5,8-11,16-20H,6H2,(H,15,21)/b14-5-/t8-,9-,10-,11+/m1/s1. The first-order valence-corrected chi connectivity index (χ1v) is 6.03. The molecule has 21 heavy (non-hydrogen) atoms. The van der Waals surface area contributed by atoms with Crippen LogP contribution in [0.5, 0.6) is 0 Å². The highest BCUT2D eigenvalue weighted by molar-refractivity contribution is 5.84. The van der Waals surface area contributed by atoms with E-state index in [1.807, 2.05) is 5.43 Å². The number of aliphatic hydroxyl groups is 5. The number of carbonyl (C=O) groups is 1. The molecule has 0 unspecified atom stereocenters. The van der Waals surface area contributed by atoms with Crippen molar-refractivity contribution in [3.8, 4) is 0 Å². The maximum atomic E-state index is 11.5. The van der Waals surface area contributed by atoms with Gasteiger partial charge in [-0.3, -0.25) is 9.78 Å². The molecule has 6 N–H and O–H groups in total. The van der Waals surface area contributed by atoms with E-state index < -0.39 is 36.9 Å². The van der Waals surface area contributed by atoms with E-state index in [2.05, 4.69) is 10.1 Å². The van der Waals surface area contributed by atoms with Gasteiger partial charge in [0, 0.05) is 18.0 Å². The van der Waals surface area contributed by atoms with E-state index in [1.54, 1.807) is 18.3 Å². The van der Waals surface area contributed by atoms with Crippen LogP contribution in [-0.4, -0.2) is 73.7 Å². The van der Waals surface area contributed by atoms with Gasteiger partial charge in [0.1, 0.15) is 18.3 Å². The summed E-state index contributed by atoms with van der Waals surface area (Å²) in [4.78, 5) is 15.3. The molecule has 1 aromatic heterocycles. The number of carbonyl (C=O) groups excluding carboxylic acids is 1. The molecule has 1 heterocycles. The Kier molecular flexibility index (Phi) is 6.85. The molecule has 0 spiro atoms. The average molecular weight is 299 g/mol. The molecule has 1 rings (SSSR count). The monoisotopic (exact) mass is 299 g/mol. The van der Waals surface area contributed by atoms with Crippen molar-refractivity contribution in [3.05, 3.63) is 30.1 Å². The second-order valence-electron chi connectivity index (χ2n) is 4.20. The van der Waals surface area contributed by atoms with Crippen LogP contribution < -0.4 is 5.43 Å². The van der Waals surface area contributed by atoms with Gasteiger partial charge in [0.15, 0.2) is 6.10 Å². The van der Waals surface area contributed by atoms with Gasteiger partial charge in [-0.05, 0) is 6.07 Å². The molecular weight excluding hydrogens is 282 g/mol. The van der Waals surface area contributed by atoms with Crippen molar-refractivity contribution in [3.63, 3.8) is 0 Å². The molecule has 1 amide bonds. The van der Waals surface area contributed by atoms with E-state index in [1.165, 1.54) is 12.4 Å². The van der Waals surface area contributed by atoms with Crippen molar-refractivity contribution < 1.29 is 30.3 Å². The first kappa shape index (κ1) is 17.1. The minimum atomic E-state index is -2.02. The highest BCUT2D eigenvalue weighted by atomic mass is 16.4. The van der Waals surface area contributed by atoms with E-state index in [-0.39, 0.29) is 0 Å². The van der Waals surface area contributed by atoms with E-state index in [4.69, 9.17) is 10.2 Å². The summed E-state index contributed by atoms with van der Waals surface area (Å²) in [6.07, 6.45) is -3.23. The number of pyridine rings is 1. The van der Waals surface area contributed by atoms with Gasteiger partial charge in [-0.1, -0.05) is 6.07 Å². The third-order valence-electron chi connectivity index (χ3n) is 2.60. The van der Waals surface area contributed by atoms with Gasteiger partial charge in [0.05, 0.1) is 12.8 Å². The number of rotatable bonds is 7. The van der Waals surface area contributed by atoms with Gasteiger partial charge in [-0.25, -0.2) is 5.43 Å². The van der Waals surface area contributed by atoms with E-state index in [9.17, 15) is 20.1 Å². The number of hydrogen-bond donors (Lipinski definition) is 6. The third kappa shape index (κ3) is 5.17. The van der Waals surface area contributed by atoms with E-state index in [0.717, 1.165) is 0 Å². The van der Waals surface area contributed by atoms with Gasteiger partial charge in [-0.15, -0.1) is 0 Å². The van der Waals surface area contributed by atoms with Gasteiger partial charge in [0.25, 0.3) is 5.91 Å². The second-order valence-corrected chi connectivity index (χ2v) is 4.20. The number of nitrogens with one attached hydrogen (secondary N) is 1. The summed E-state index contributed by atoms with van der Waals surface area (Å²) in [5, 5.41) is 49.6. The molecule has 0 saturated heterocycles. The maximum absolute atomic E-state index is 11.5. The van der Waals surface area contributed by atoms with Crippen LogP contribution >= 0.6 is 0 Å². The Hall–Kier alpha value is -1.91. The summed E-state index contributed by atoms with van der Waals surface area (Å²) in [5.41, 5.74) is 2.56. The lowest BCUT2D eigenvalue weighted by molar-refractivity contribution is -0.148. The van der Waals surface area contributed by atoms with Crippen molar-refractivity contribution in [1.29, 1.82) is 0 Å². The predicted molar refractivity (Wildman–Crippen MR) is 71.1 cm³/mol. The van der Waals surface area contributed by atoms with Crippen LogP contribution in [0.4, 0.5) is 0 Å². The molecule has 9 nitrogen and oxygen atoms in total. The lowest BCUT2D eigenvalue weighted by Gasteiger charge is -2.24. The normalized spacial score (nSPS) is 17.2. The molecule has 0 radical (unpaired) electrons. The number of aromatic nitrogens is 1. The molecule has 0 fully saturated rings. The van der Waals surface area contributed by atoms with Gasteiger partial charge >= 0.3 is 0 Å². The highest BCUT2D eigenvalue weighted by Gasteiger charge is 2.34. The summed E-state index contributed by atoms with van der Waals surface area (Å²) < 4.78 is 0. The minimum absolute atomic E-state index is 0.601. The topological polar surface area (TPSA) is 156 Å². The first-order valence-electron chi connectivity index (χ1n) is 6.03. The Labute approximate surface area is 120 Å². The Bertz CT molecular complexity index is 469. The molecule has 9 heteroatoms. The molecule has 0 aromatic carbocycles. The van der Waals surface area contributed by atoms with Crippen LogP contribution in [0.25, 0.3) is 0 Å². The summed E-state index contributed by atoms with van der Waals surface area (Å²) in [6.45, 7) is -0.828. The Morgan fingerprint density at radius 1 is 1.33 bits per heavy atom. The maximum Gasteiger partial charge on any atom is 0.271 e. The van der Waals surface area contributed by atoms with Crippen molar-refractivity contribution in [2.75, 3.05) is 6.61 Å². The van der Waals surface area contributed by atoms with Crippen LogP contribution in [0.1, 0.15) is 5.56 Å². The molecule has 116 valence electrons. The molecule has 0 saturated carbocycles. The quantitative estimate of drug-likeness (QED) is 0.231. The van der Waals surface area contributed by atoms with Crippen LogP contribution in [-0.2, 0) is 4.79 Å². The molecular formula is C12H17N3O6. The van der Waals surface area contributed by atoms with Gasteiger partial charge in [0.2, 0.25) is 0 Å². The number of aliphatic hydroxyl groups excluding tert-OH is 5. The summed E-state index contributed by atoms with van der Waals surface area (Å²) in [5.74, 6) is -1.08. The molecule has 0 bridgehead atoms. The smallest absolute Gasteiger partial charge is 0.271 e. The highest BCUT2D eigenvalue weighted by Crippen LogP contribution is 2.05. The molecule has 0 aliphatic rings. The van der Waals surface area contributed by atoms with E-state index >= 15 is 0 Å². The van der Waals surface area contributed by atoms with Crippen LogP contribution in [0, 0.1) is 0 Å². The number of hydrogen-bond acceptors (Lipinski definition) is 8. The van der Waals surface area contributed by atoms with E-state index in [0.29, 0.717) is 5.56 Å². The number of amides is 1. The third-order valence-corrected chi connectivity index (χ3v) is 2.60. The fraction of sp³-hybridized carbons (Fsp3) is 0.417. The average Bonchev–Trinajstić information content (AvgIpc) is 2.52. The Balaban J connectivity index is 2.53.